The molecule has 0 spiro atoms. The molecule has 2 rings (SSSR count). The molecule has 94 valence electrons. The van der Waals surface area contributed by atoms with E-state index in [1.165, 1.54) is 0 Å². The van der Waals surface area contributed by atoms with Gasteiger partial charge in [-0.25, -0.2) is 4.98 Å². The molecule has 0 saturated carbocycles. The third-order valence-corrected chi connectivity index (χ3v) is 3.05. The molecule has 1 aromatic carbocycles. The van der Waals surface area contributed by atoms with E-state index in [1.54, 1.807) is 0 Å². The molecule has 4 nitrogen and oxygen atoms in total. The van der Waals surface area contributed by atoms with Gasteiger partial charge in [0.05, 0.1) is 17.4 Å². The van der Waals surface area contributed by atoms with Gasteiger partial charge in [-0.1, -0.05) is 12.1 Å². The number of terminal acetylenes is 1. The molecule has 0 saturated heterocycles. The summed E-state index contributed by atoms with van der Waals surface area (Å²) in [7, 11) is 0. The van der Waals surface area contributed by atoms with Crippen LogP contribution < -0.4 is 11.3 Å². The number of nitrogens with two attached hydrogens (primary N) is 1. The summed E-state index contributed by atoms with van der Waals surface area (Å²) < 4.78 is 2.12. The highest BCUT2D eigenvalue weighted by molar-refractivity contribution is 5.74. The van der Waals surface area contributed by atoms with Gasteiger partial charge in [0.2, 0.25) is 0 Å². The Morgan fingerprint density at radius 1 is 1.44 bits per heavy atom. The monoisotopic (exact) mass is 242 g/mol. The predicted octanol–water partition coefficient (Wildman–Crippen LogP) is 1.67. The van der Waals surface area contributed by atoms with Gasteiger partial charge in [0, 0.05) is 19.0 Å². The molecule has 1 heterocycles. The molecule has 18 heavy (non-hydrogen) atoms. The molecule has 0 amide bonds. The van der Waals surface area contributed by atoms with Crippen molar-refractivity contribution in [3.8, 4) is 12.3 Å². The number of hydrogen-bond donors (Lipinski definition) is 2. The van der Waals surface area contributed by atoms with E-state index < -0.39 is 0 Å². The van der Waals surface area contributed by atoms with Gasteiger partial charge in [0.15, 0.2) is 0 Å². The largest absolute Gasteiger partial charge is 0.329 e. The first-order chi connectivity index (χ1) is 8.85. The van der Waals surface area contributed by atoms with Crippen molar-refractivity contribution < 1.29 is 0 Å². The average Bonchev–Trinajstić information content (AvgIpc) is 2.81. The van der Waals surface area contributed by atoms with E-state index in [0.29, 0.717) is 0 Å². The molecule has 0 aliphatic heterocycles. The van der Waals surface area contributed by atoms with Crippen molar-refractivity contribution >= 4 is 11.0 Å². The SMILES string of the molecule is C#CCCCC(Cn1cnc2ccccc21)NN. The number of hydrazine groups is 1. The molecule has 0 aliphatic rings. The Labute approximate surface area is 107 Å². The maximum Gasteiger partial charge on any atom is 0.0958 e. The van der Waals surface area contributed by atoms with Crippen LogP contribution in [-0.4, -0.2) is 15.6 Å². The Morgan fingerprint density at radius 2 is 2.28 bits per heavy atom. The van der Waals surface area contributed by atoms with Crippen molar-refractivity contribution in [1.82, 2.24) is 15.0 Å². The third kappa shape index (κ3) is 2.89. The van der Waals surface area contributed by atoms with Crippen LogP contribution in [0.4, 0.5) is 0 Å². The first kappa shape index (κ1) is 12.6. The number of aromatic nitrogens is 2. The van der Waals surface area contributed by atoms with Crippen LogP contribution in [-0.2, 0) is 6.54 Å². The maximum absolute atomic E-state index is 5.58. The van der Waals surface area contributed by atoms with Gasteiger partial charge in [-0.05, 0) is 25.0 Å². The topological polar surface area (TPSA) is 55.9 Å². The van der Waals surface area contributed by atoms with Crippen LogP contribution in [0, 0.1) is 12.3 Å². The standard InChI is InChI=1S/C14H18N4/c1-2-3-4-7-12(17-15)10-18-11-16-13-8-5-6-9-14(13)18/h1,5-6,8-9,11-12,17H,3-4,7,10,15H2. The average molecular weight is 242 g/mol. The lowest BCUT2D eigenvalue weighted by atomic mass is 10.1. The first-order valence-corrected chi connectivity index (χ1v) is 6.14. The highest BCUT2D eigenvalue weighted by atomic mass is 15.2. The van der Waals surface area contributed by atoms with Crippen molar-refractivity contribution in [3.63, 3.8) is 0 Å². The van der Waals surface area contributed by atoms with Gasteiger partial charge in [0.25, 0.3) is 0 Å². The fourth-order valence-electron chi connectivity index (χ4n) is 2.07. The zero-order valence-electron chi connectivity index (χ0n) is 10.3. The summed E-state index contributed by atoms with van der Waals surface area (Å²) in [4.78, 5) is 4.36. The summed E-state index contributed by atoms with van der Waals surface area (Å²) >= 11 is 0. The van der Waals surface area contributed by atoms with Crippen LogP contribution >= 0.6 is 0 Å². The highest BCUT2D eigenvalue weighted by Gasteiger charge is 2.09. The van der Waals surface area contributed by atoms with Gasteiger partial charge in [-0.2, -0.15) is 0 Å². The minimum Gasteiger partial charge on any atom is -0.329 e. The lowest BCUT2D eigenvalue weighted by molar-refractivity contribution is 0.428. The number of rotatable bonds is 6. The molecule has 1 unspecified atom stereocenters. The van der Waals surface area contributed by atoms with Crippen LogP contribution in [0.3, 0.4) is 0 Å². The molecule has 1 aromatic heterocycles. The Bertz CT molecular complexity index is 538. The number of benzene rings is 1. The summed E-state index contributed by atoms with van der Waals surface area (Å²) in [5.41, 5.74) is 4.99. The van der Waals surface area contributed by atoms with E-state index >= 15 is 0 Å². The molecular formula is C14H18N4. The Hall–Kier alpha value is -1.83. The first-order valence-electron chi connectivity index (χ1n) is 6.14. The molecule has 0 aliphatic carbocycles. The number of unbranched alkanes of at least 4 members (excludes halogenated alkanes) is 1. The van der Waals surface area contributed by atoms with Crippen LogP contribution in [0.25, 0.3) is 11.0 Å². The second-order valence-electron chi connectivity index (χ2n) is 4.35. The molecule has 4 heteroatoms. The molecular weight excluding hydrogens is 224 g/mol. The quantitative estimate of drug-likeness (QED) is 0.351. The number of fused-ring (bicyclic) bond motifs is 1. The predicted molar refractivity (Wildman–Crippen MR) is 73.5 cm³/mol. The second-order valence-corrected chi connectivity index (χ2v) is 4.35. The van der Waals surface area contributed by atoms with Crippen LogP contribution in [0.15, 0.2) is 30.6 Å². The number of nitrogens with zero attached hydrogens (tertiary/aromatic N) is 2. The Balaban J connectivity index is 2.05. The van der Waals surface area contributed by atoms with Crippen LogP contribution in [0.2, 0.25) is 0 Å². The molecule has 2 aromatic rings. The third-order valence-electron chi connectivity index (χ3n) is 3.05. The van der Waals surface area contributed by atoms with Crippen molar-refractivity contribution in [2.45, 2.75) is 31.8 Å². The van der Waals surface area contributed by atoms with Gasteiger partial charge >= 0.3 is 0 Å². The molecule has 3 N–H and O–H groups in total. The van der Waals surface area contributed by atoms with Crippen LogP contribution in [0.5, 0.6) is 0 Å². The van der Waals surface area contributed by atoms with E-state index in [9.17, 15) is 0 Å². The van der Waals surface area contributed by atoms with Gasteiger partial charge in [0.1, 0.15) is 0 Å². The van der Waals surface area contributed by atoms with Crippen LogP contribution in [0.1, 0.15) is 19.3 Å². The molecule has 0 fully saturated rings. The van der Waals surface area contributed by atoms with E-state index in [2.05, 4.69) is 27.0 Å². The normalized spacial score (nSPS) is 12.4. The number of hydrogen-bond acceptors (Lipinski definition) is 3. The minimum atomic E-state index is 0.218. The number of imidazole rings is 1. The second kappa shape index (κ2) is 6.20. The fraction of sp³-hybridized carbons (Fsp3) is 0.357. The summed E-state index contributed by atoms with van der Waals surface area (Å²) in [6.45, 7) is 0.807. The number of para-hydroxylation sites is 2. The molecule has 0 radical (unpaired) electrons. The summed E-state index contributed by atoms with van der Waals surface area (Å²) in [6.07, 6.45) is 9.85. The zero-order chi connectivity index (χ0) is 12.8. The van der Waals surface area contributed by atoms with Gasteiger partial charge in [-0.15, -0.1) is 12.3 Å². The number of nitrogens with one attached hydrogen (secondary N) is 1. The van der Waals surface area contributed by atoms with Crippen molar-refractivity contribution in [2.75, 3.05) is 0 Å². The smallest absolute Gasteiger partial charge is 0.0958 e. The van der Waals surface area contributed by atoms with Crippen molar-refractivity contribution in [2.24, 2.45) is 5.84 Å². The zero-order valence-corrected chi connectivity index (χ0v) is 10.3. The van der Waals surface area contributed by atoms with Gasteiger partial charge in [-0.3, -0.25) is 11.3 Å². The van der Waals surface area contributed by atoms with E-state index in [1.807, 2.05) is 24.5 Å². The van der Waals surface area contributed by atoms with Crippen molar-refractivity contribution in [3.05, 3.63) is 30.6 Å². The lowest BCUT2D eigenvalue weighted by Gasteiger charge is -2.16. The Kier molecular flexibility index (Phi) is 4.35. The fourth-order valence-corrected chi connectivity index (χ4v) is 2.07. The summed E-state index contributed by atoms with van der Waals surface area (Å²) in [6, 6.07) is 8.30. The van der Waals surface area contributed by atoms with Crippen molar-refractivity contribution in [1.29, 1.82) is 0 Å². The van der Waals surface area contributed by atoms with E-state index in [-0.39, 0.29) is 6.04 Å². The van der Waals surface area contributed by atoms with E-state index in [4.69, 9.17) is 12.3 Å². The molecule has 1 atom stereocenters. The minimum absolute atomic E-state index is 0.218. The molecule has 0 bridgehead atoms. The lowest BCUT2D eigenvalue weighted by Crippen LogP contribution is -2.38. The summed E-state index contributed by atoms with van der Waals surface area (Å²) in [5, 5.41) is 0. The van der Waals surface area contributed by atoms with Gasteiger partial charge < -0.3 is 4.57 Å². The highest BCUT2D eigenvalue weighted by Crippen LogP contribution is 2.13. The maximum atomic E-state index is 5.58. The Morgan fingerprint density at radius 3 is 3.06 bits per heavy atom. The summed E-state index contributed by atoms with van der Waals surface area (Å²) in [5.74, 6) is 8.23. The van der Waals surface area contributed by atoms with E-state index in [0.717, 1.165) is 36.8 Å².